The third-order valence-corrected chi connectivity index (χ3v) is 7.16. The fourth-order valence-corrected chi connectivity index (χ4v) is 5.16. The SMILES string of the molecule is CCCNC(=O)C(Cc1ccccc1)N(Cc1cccc(Br)c1)C(=O)CCSCc1ccccc1. The van der Waals surface area contributed by atoms with Crippen LogP contribution in [0.1, 0.15) is 36.5 Å². The summed E-state index contributed by atoms with van der Waals surface area (Å²) in [6.07, 6.45) is 1.71. The van der Waals surface area contributed by atoms with E-state index >= 15 is 0 Å². The van der Waals surface area contributed by atoms with Crippen LogP contribution in [0.4, 0.5) is 0 Å². The number of halogens is 1. The molecule has 3 aromatic carbocycles. The molecule has 184 valence electrons. The Morgan fingerprint density at radius 2 is 1.57 bits per heavy atom. The Labute approximate surface area is 221 Å². The van der Waals surface area contributed by atoms with Gasteiger partial charge in [-0.25, -0.2) is 0 Å². The van der Waals surface area contributed by atoms with Crippen molar-refractivity contribution in [2.24, 2.45) is 0 Å². The second-order valence-corrected chi connectivity index (χ2v) is 10.5. The molecule has 0 aliphatic heterocycles. The van der Waals surface area contributed by atoms with Gasteiger partial charge >= 0.3 is 0 Å². The predicted octanol–water partition coefficient (Wildman–Crippen LogP) is 6.24. The molecule has 0 heterocycles. The Kier molecular flexibility index (Phi) is 11.4. The molecule has 1 N–H and O–H groups in total. The minimum absolute atomic E-state index is 0.00174. The van der Waals surface area contributed by atoms with E-state index in [-0.39, 0.29) is 11.8 Å². The lowest BCUT2D eigenvalue weighted by Gasteiger charge is -2.31. The summed E-state index contributed by atoms with van der Waals surface area (Å²) >= 11 is 5.27. The molecule has 0 bridgehead atoms. The maximum Gasteiger partial charge on any atom is 0.243 e. The number of amides is 2. The minimum Gasteiger partial charge on any atom is -0.354 e. The van der Waals surface area contributed by atoms with Crippen LogP contribution in [-0.4, -0.2) is 35.1 Å². The first-order chi connectivity index (χ1) is 17.1. The van der Waals surface area contributed by atoms with Gasteiger partial charge in [0, 0.05) is 41.9 Å². The molecule has 1 atom stereocenters. The fraction of sp³-hybridized carbons (Fsp3) is 0.310. The van der Waals surface area contributed by atoms with Crippen molar-refractivity contribution in [3.8, 4) is 0 Å². The second kappa shape index (κ2) is 14.7. The van der Waals surface area contributed by atoms with Gasteiger partial charge in [0.1, 0.15) is 6.04 Å². The van der Waals surface area contributed by atoms with Gasteiger partial charge in [0.15, 0.2) is 0 Å². The molecule has 0 spiro atoms. The first-order valence-corrected chi connectivity index (χ1v) is 14.0. The Morgan fingerprint density at radius 1 is 0.914 bits per heavy atom. The molecule has 35 heavy (non-hydrogen) atoms. The van der Waals surface area contributed by atoms with Gasteiger partial charge in [-0.3, -0.25) is 9.59 Å². The minimum atomic E-state index is -0.574. The molecule has 3 rings (SSSR count). The molecule has 2 amide bonds. The number of carbonyl (C=O) groups is 2. The molecule has 6 heteroatoms. The Hall–Kier alpha value is -2.57. The predicted molar refractivity (Wildman–Crippen MR) is 149 cm³/mol. The van der Waals surface area contributed by atoms with Crippen LogP contribution in [0.3, 0.4) is 0 Å². The van der Waals surface area contributed by atoms with E-state index in [2.05, 4.69) is 33.4 Å². The molecule has 0 aliphatic carbocycles. The molecular weight excluding hydrogens is 520 g/mol. The van der Waals surface area contributed by atoms with Crippen LogP contribution in [0.15, 0.2) is 89.4 Å². The molecule has 0 aromatic heterocycles. The Bertz CT molecular complexity index is 1060. The molecule has 1 unspecified atom stereocenters. The normalized spacial score (nSPS) is 11.6. The van der Waals surface area contributed by atoms with E-state index in [0.717, 1.165) is 27.8 Å². The van der Waals surface area contributed by atoms with Gasteiger partial charge in [0.05, 0.1) is 0 Å². The molecule has 0 radical (unpaired) electrons. The summed E-state index contributed by atoms with van der Waals surface area (Å²) in [6.45, 7) is 3.01. The van der Waals surface area contributed by atoms with E-state index in [1.165, 1.54) is 5.56 Å². The van der Waals surface area contributed by atoms with Crippen LogP contribution in [0, 0.1) is 0 Å². The molecule has 0 saturated heterocycles. The zero-order chi connectivity index (χ0) is 24.9. The molecule has 0 saturated carbocycles. The Morgan fingerprint density at radius 3 is 2.23 bits per heavy atom. The highest BCUT2D eigenvalue weighted by Crippen LogP contribution is 2.20. The lowest BCUT2D eigenvalue weighted by Crippen LogP contribution is -2.50. The third-order valence-electron chi connectivity index (χ3n) is 5.63. The van der Waals surface area contributed by atoms with Gasteiger partial charge in [0.2, 0.25) is 11.8 Å². The lowest BCUT2D eigenvalue weighted by molar-refractivity contribution is -0.141. The monoisotopic (exact) mass is 552 g/mol. The van der Waals surface area contributed by atoms with Gasteiger partial charge in [-0.1, -0.05) is 95.7 Å². The smallest absolute Gasteiger partial charge is 0.243 e. The van der Waals surface area contributed by atoms with Crippen molar-refractivity contribution in [3.05, 3.63) is 106 Å². The molecule has 0 fully saturated rings. The largest absolute Gasteiger partial charge is 0.354 e. The van der Waals surface area contributed by atoms with E-state index in [0.29, 0.717) is 31.7 Å². The molecule has 3 aromatic rings. The number of nitrogens with one attached hydrogen (secondary N) is 1. The van der Waals surface area contributed by atoms with Gasteiger partial charge < -0.3 is 10.2 Å². The summed E-state index contributed by atoms with van der Waals surface area (Å²) < 4.78 is 0.954. The van der Waals surface area contributed by atoms with Crippen LogP contribution in [0.25, 0.3) is 0 Å². The number of benzene rings is 3. The highest BCUT2D eigenvalue weighted by atomic mass is 79.9. The summed E-state index contributed by atoms with van der Waals surface area (Å²) in [6, 6.07) is 27.5. The number of nitrogens with zero attached hydrogens (tertiary/aromatic N) is 1. The molecular formula is C29H33BrN2O2S. The number of carbonyl (C=O) groups excluding carboxylic acids is 2. The summed E-state index contributed by atoms with van der Waals surface area (Å²) in [4.78, 5) is 28.6. The Balaban J connectivity index is 1.78. The fourth-order valence-electron chi connectivity index (χ4n) is 3.82. The van der Waals surface area contributed by atoms with E-state index in [1.807, 2.05) is 79.7 Å². The zero-order valence-electron chi connectivity index (χ0n) is 20.2. The highest BCUT2D eigenvalue weighted by Gasteiger charge is 2.30. The lowest BCUT2D eigenvalue weighted by atomic mass is 10.0. The topological polar surface area (TPSA) is 49.4 Å². The van der Waals surface area contributed by atoms with Crippen molar-refractivity contribution in [1.82, 2.24) is 10.2 Å². The van der Waals surface area contributed by atoms with Crippen molar-refractivity contribution in [3.63, 3.8) is 0 Å². The first-order valence-electron chi connectivity index (χ1n) is 12.0. The van der Waals surface area contributed by atoms with Crippen molar-refractivity contribution >= 4 is 39.5 Å². The van der Waals surface area contributed by atoms with Crippen LogP contribution in [0.5, 0.6) is 0 Å². The third kappa shape index (κ3) is 9.19. The summed E-state index contributed by atoms with van der Waals surface area (Å²) in [5, 5.41) is 3.03. The number of hydrogen-bond donors (Lipinski definition) is 1. The van der Waals surface area contributed by atoms with Crippen molar-refractivity contribution in [1.29, 1.82) is 0 Å². The van der Waals surface area contributed by atoms with E-state index in [1.54, 1.807) is 16.7 Å². The van der Waals surface area contributed by atoms with Crippen LogP contribution >= 0.6 is 27.7 Å². The van der Waals surface area contributed by atoms with Gasteiger partial charge in [-0.15, -0.1) is 0 Å². The van der Waals surface area contributed by atoms with E-state index < -0.39 is 6.04 Å². The van der Waals surface area contributed by atoms with Gasteiger partial charge in [-0.2, -0.15) is 11.8 Å². The first kappa shape index (κ1) is 27.0. The van der Waals surface area contributed by atoms with Crippen LogP contribution in [-0.2, 0) is 28.3 Å². The number of rotatable bonds is 13. The molecule has 0 aliphatic rings. The molecule has 4 nitrogen and oxygen atoms in total. The van der Waals surface area contributed by atoms with Crippen molar-refractivity contribution in [2.75, 3.05) is 12.3 Å². The second-order valence-electron chi connectivity index (χ2n) is 8.44. The maximum atomic E-state index is 13.6. The zero-order valence-corrected chi connectivity index (χ0v) is 22.6. The standard InChI is InChI=1S/C29H33BrN2O2S/c1-2-17-31-29(34)27(20-23-10-5-3-6-11-23)32(21-25-14-9-15-26(30)19-25)28(33)16-18-35-22-24-12-7-4-8-13-24/h3-15,19,27H,2,16-18,20-22H2,1H3,(H,31,34). The average molecular weight is 554 g/mol. The van der Waals surface area contributed by atoms with Gasteiger partial charge in [-0.05, 0) is 35.2 Å². The van der Waals surface area contributed by atoms with Crippen molar-refractivity contribution in [2.45, 2.75) is 44.5 Å². The maximum absolute atomic E-state index is 13.6. The summed E-state index contributed by atoms with van der Waals surface area (Å²) in [5.74, 6) is 1.47. The highest BCUT2D eigenvalue weighted by molar-refractivity contribution is 9.10. The van der Waals surface area contributed by atoms with Gasteiger partial charge in [0.25, 0.3) is 0 Å². The van der Waals surface area contributed by atoms with E-state index in [9.17, 15) is 9.59 Å². The summed E-state index contributed by atoms with van der Waals surface area (Å²) in [5.41, 5.74) is 3.28. The quantitative estimate of drug-likeness (QED) is 0.255. The van der Waals surface area contributed by atoms with Crippen molar-refractivity contribution < 1.29 is 9.59 Å². The van der Waals surface area contributed by atoms with Crippen LogP contribution in [0.2, 0.25) is 0 Å². The summed E-state index contributed by atoms with van der Waals surface area (Å²) in [7, 11) is 0. The van der Waals surface area contributed by atoms with E-state index in [4.69, 9.17) is 0 Å². The number of hydrogen-bond acceptors (Lipinski definition) is 3. The van der Waals surface area contributed by atoms with Crippen LogP contribution < -0.4 is 5.32 Å². The average Bonchev–Trinajstić information content (AvgIpc) is 2.88. The number of thioether (sulfide) groups is 1.